The van der Waals surface area contributed by atoms with Crippen molar-refractivity contribution in [2.75, 3.05) is 31.1 Å². The molecule has 1 aromatic heterocycles. The zero-order valence-electron chi connectivity index (χ0n) is 14.7. The molecule has 1 amide bonds. The summed E-state index contributed by atoms with van der Waals surface area (Å²) in [5.74, 6) is 1.24. The highest BCUT2D eigenvalue weighted by molar-refractivity contribution is 5.94. The number of anilines is 1. The van der Waals surface area contributed by atoms with Crippen molar-refractivity contribution < 1.29 is 9.78 Å². The number of nitrogens with zero attached hydrogens (tertiary/aromatic N) is 2. The number of carbonyl (C=O) groups is 1. The molecule has 3 rings (SSSR count). The topological polar surface area (TPSA) is 37.7 Å². The highest BCUT2D eigenvalue weighted by Gasteiger charge is 2.26. The third kappa shape index (κ3) is 3.58. The Balaban J connectivity index is 1.63. The molecule has 0 atom stereocenters. The second-order valence-corrected chi connectivity index (χ2v) is 7.35. The molecule has 0 aliphatic carbocycles. The quantitative estimate of drug-likeness (QED) is 0.852. The molecule has 0 spiro atoms. The lowest BCUT2D eigenvalue weighted by Gasteiger charge is -2.31. The minimum absolute atomic E-state index is 0.111. The first-order valence-corrected chi connectivity index (χ1v) is 8.56. The van der Waals surface area contributed by atoms with Gasteiger partial charge < -0.3 is 4.90 Å². The number of nitrogens with one attached hydrogen (secondary N) is 1. The maximum absolute atomic E-state index is 12.7. The van der Waals surface area contributed by atoms with Gasteiger partial charge in [0.2, 0.25) is 0 Å². The Kier molecular flexibility index (Phi) is 4.56. The van der Waals surface area contributed by atoms with Crippen LogP contribution in [-0.2, 0) is 5.41 Å². The number of piperazine rings is 1. The van der Waals surface area contributed by atoms with Gasteiger partial charge in [-0.15, -0.1) is 0 Å². The summed E-state index contributed by atoms with van der Waals surface area (Å²) in [5, 5.41) is 0. The summed E-state index contributed by atoms with van der Waals surface area (Å²) < 4.78 is 0. The zero-order chi connectivity index (χ0) is 17.2. The summed E-state index contributed by atoms with van der Waals surface area (Å²) in [5.41, 5.74) is 2.14. The number of aromatic amines is 1. The van der Waals surface area contributed by atoms with Gasteiger partial charge in [0.25, 0.3) is 11.7 Å². The Hall–Kier alpha value is -2.36. The second kappa shape index (κ2) is 6.63. The molecule has 1 N–H and O–H groups in total. The molecule has 1 fully saturated rings. The van der Waals surface area contributed by atoms with Crippen LogP contribution in [0.2, 0.25) is 0 Å². The number of H-pyrrole nitrogens is 1. The molecule has 0 bridgehead atoms. The molecule has 4 heteroatoms. The van der Waals surface area contributed by atoms with Crippen molar-refractivity contribution in [2.24, 2.45) is 0 Å². The van der Waals surface area contributed by atoms with Crippen LogP contribution < -0.4 is 9.88 Å². The van der Waals surface area contributed by atoms with Crippen molar-refractivity contribution in [3.05, 3.63) is 59.8 Å². The number of benzene rings is 1. The fourth-order valence-corrected chi connectivity index (χ4v) is 3.03. The van der Waals surface area contributed by atoms with E-state index in [2.05, 4.69) is 48.9 Å². The Morgan fingerprint density at radius 3 is 2.17 bits per heavy atom. The van der Waals surface area contributed by atoms with Crippen LogP contribution in [0.15, 0.2) is 48.7 Å². The molecule has 4 nitrogen and oxygen atoms in total. The van der Waals surface area contributed by atoms with Gasteiger partial charge in [-0.05, 0) is 29.2 Å². The summed E-state index contributed by atoms with van der Waals surface area (Å²) in [4.78, 5) is 20.2. The van der Waals surface area contributed by atoms with Gasteiger partial charge in [-0.1, -0.05) is 39.0 Å². The molecule has 126 valence electrons. The van der Waals surface area contributed by atoms with Gasteiger partial charge >= 0.3 is 0 Å². The lowest BCUT2D eigenvalue weighted by atomic mass is 9.86. The molecular formula is C20H26N3O+. The van der Waals surface area contributed by atoms with Crippen molar-refractivity contribution in [3.63, 3.8) is 0 Å². The number of carbonyl (C=O) groups excluding carboxylic acids is 1. The van der Waals surface area contributed by atoms with E-state index in [4.69, 9.17) is 0 Å². The lowest BCUT2D eigenvalue weighted by Crippen LogP contribution is -2.50. The van der Waals surface area contributed by atoms with Crippen LogP contribution in [0, 0.1) is 0 Å². The van der Waals surface area contributed by atoms with E-state index in [1.165, 1.54) is 5.56 Å². The fraction of sp³-hybridized carbons (Fsp3) is 0.400. The van der Waals surface area contributed by atoms with Crippen LogP contribution in [0.1, 0.15) is 36.7 Å². The predicted molar refractivity (Wildman–Crippen MR) is 96.3 cm³/mol. The molecule has 2 aromatic rings. The number of amides is 1. The van der Waals surface area contributed by atoms with Crippen molar-refractivity contribution >= 4 is 11.7 Å². The van der Waals surface area contributed by atoms with E-state index in [-0.39, 0.29) is 11.3 Å². The number of hydrogen-bond donors (Lipinski definition) is 0. The van der Waals surface area contributed by atoms with Crippen LogP contribution in [0.4, 0.5) is 5.82 Å². The van der Waals surface area contributed by atoms with Crippen LogP contribution in [0.3, 0.4) is 0 Å². The molecule has 0 unspecified atom stereocenters. The number of aromatic nitrogens is 1. The van der Waals surface area contributed by atoms with E-state index >= 15 is 0 Å². The smallest absolute Gasteiger partial charge is 0.274 e. The molecule has 1 aromatic carbocycles. The Morgan fingerprint density at radius 2 is 1.62 bits per heavy atom. The van der Waals surface area contributed by atoms with Crippen molar-refractivity contribution in [1.82, 2.24) is 4.90 Å². The predicted octanol–water partition coefficient (Wildman–Crippen LogP) is 2.76. The van der Waals surface area contributed by atoms with Gasteiger partial charge in [0.15, 0.2) is 0 Å². The van der Waals surface area contributed by atoms with Gasteiger partial charge in [-0.3, -0.25) is 9.69 Å². The third-order valence-electron chi connectivity index (χ3n) is 4.60. The molecule has 2 heterocycles. The van der Waals surface area contributed by atoms with E-state index in [0.29, 0.717) is 0 Å². The maximum atomic E-state index is 12.7. The monoisotopic (exact) mass is 324 g/mol. The van der Waals surface area contributed by atoms with Gasteiger partial charge in [0.1, 0.15) is 13.1 Å². The zero-order valence-corrected chi connectivity index (χ0v) is 14.7. The Morgan fingerprint density at radius 1 is 0.958 bits per heavy atom. The highest BCUT2D eigenvalue weighted by atomic mass is 16.2. The fourth-order valence-electron chi connectivity index (χ4n) is 3.03. The average molecular weight is 324 g/mol. The molecular weight excluding hydrogens is 298 g/mol. The van der Waals surface area contributed by atoms with Gasteiger partial charge in [0, 0.05) is 11.6 Å². The van der Waals surface area contributed by atoms with Crippen LogP contribution in [0.25, 0.3) is 0 Å². The molecule has 1 aliphatic rings. The van der Waals surface area contributed by atoms with E-state index in [1.54, 1.807) is 0 Å². The second-order valence-electron chi connectivity index (χ2n) is 7.35. The summed E-state index contributed by atoms with van der Waals surface area (Å²) in [6.45, 7) is 9.76. The van der Waals surface area contributed by atoms with E-state index in [1.807, 2.05) is 35.4 Å². The number of hydrogen-bond acceptors (Lipinski definition) is 2. The first kappa shape index (κ1) is 16.5. The lowest BCUT2D eigenvalue weighted by molar-refractivity contribution is -0.364. The van der Waals surface area contributed by atoms with E-state index < -0.39 is 0 Å². The maximum Gasteiger partial charge on any atom is 0.274 e. The first-order valence-electron chi connectivity index (χ1n) is 8.56. The highest BCUT2D eigenvalue weighted by Crippen LogP contribution is 2.22. The van der Waals surface area contributed by atoms with E-state index in [0.717, 1.165) is 37.6 Å². The largest absolute Gasteiger partial charge is 0.331 e. The summed E-state index contributed by atoms with van der Waals surface area (Å²) in [6.07, 6.45) is 1.93. The SMILES string of the molecule is CC(C)(C)c1ccc(C(=O)N2CCN(c3cccc[nH+]3)CC2)cc1. The number of rotatable bonds is 2. The molecule has 0 radical (unpaired) electrons. The molecule has 1 saturated heterocycles. The molecule has 24 heavy (non-hydrogen) atoms. The summed E-state index contributed by atoms with van der Waals surface area (Å²) in [6, 6.07) is 14.1. The Labute approximate surface area is 144 Å². The number of pyridine rings is 1. The van der Waals surface area contributed by atoms with E-state index in [9.17, 15) is 4.79 Å². The van der Waals surface area contributed by atoms with Crippen LogP contribution >= 0.6 is 0 Å². The van der Waals surface area contributed by atoms with Crippen molar-refractivity contribution in [3.8, 4) is 0 Å². The third-order valence-corrected chi connectivity index (χ3v) is 4.60. The minimum atomic E-state index is 0.111. The summed E-state index contributed by atoms with van der Waals surface area (Å²) in [7, 11) is 0. The minimum Gasteiger partial charge on any atom is -0.331 e. The Bertz CT molecular complexity index is 681. The van der Waals surface area contributed by atoms with Crippen molar-refractivity contribution in [1.29, 1.82) is 0 Å². The van der Waals surface area contributed by atoms with Gasteiger partial charge in [0.05, 0.1) is 19.3 Å². The standard InChI is InChI=1S/C20H25N3O/c1-20(2,3)17-9-7-16(8-10-17)19(24)23-14-12-22(13-15-23)18-6-4-5-11-21-18/h4-11H,12-15H2,1-3H3/p+1. The van der Waals surface area contributed by atoms with Crippen LogP contribution in [-0.4, -0.2) is 37.0 Å². The molecule has 0 saturated carbocycles. The van der Waals surface area contributed by atoms with Gasteiger partial charge in [-0.2, -0.15) is 0 Å². The summed E-state index contributed by atoms with van der Waals surface area (Å²) >= 11 is 0. The van der Waals surface area contributed by atoms with Crippen molar-refractivity contribution in [2.45, 2.75) is 26.2 Å². The normalized spacial score (nSPS) is 15.5. The first-order chi connectivity index (χ1) is 11.4. The molecule has 1 aliphatic heterocycles. The van der Waals surface area contributed by atoms with Gasteiger partial charge in [-0.25, -0.2) is 4.98 Å². The van der Waals surface area contributed by atoms with Crippen LogP contribution in [0.5, 0.6) is 0 Å². The average Bonchev–Trinajstić information content (AvgIpc) is 2.61.